The standard InChI is InChI=1S/C4H7N3O2/c8-4-3-7(6-9)2-1-5-4/h1-3H2,(H,5,8). The lowest BCUT2D eigenvalue weighted by atomic mass is 10.4. The van der Waals surface area contributed by atoms with Gasteiger partial charge in [0.1, 0.15) is 6.54 Å². The first-order valence-corrected chi connectivity index (χ1v) is 2.68. The van der Waals surface area contributed by atoms with Gasteiger partial charge >= 0.3 is 0 Å². The molecule has 0 spiro atoms. The molecule has 0 bridgehead atoms. The molecule has 1 aliphatic heterocycles. The minimum atomic E-state index is -0.138. The molecule has 0 aliphatic carbocycles. The second-order valence-corrected chi connectivity index (χ2v) is 1.82. The summed E-state index contributed by atoms with van der Waals surface area (Å²) in [6.07, 6.45) is 0. The van der Waals surface area contributed by atoms with Crippen molar-refractivity contribution in [3.63, 3.8) is 0 Å². The quantitative estimate of drug-likeness (QED) is 0.467. The van der Waals surface area contributed by atoms with Gasteiger partial charge in [-0.25, -0.2) is 5.01 Å². The van der Waals surface area contributed by atoms with Gasteiger partial charge in [-0.15, -0.1) is 4.91 Å². The van der Waals surface area contributed by atoms with Crippen LogP contribution >= 0.6 is 0 Å². The predicted molar refractivity (Wildman–Crippen MR) is 30.4 cm³/mol. The van der Waals surface area contributed by atoms with E-state index in [9.17, 15) is 9.70 Å². The highest BCUT2D eigenvalue weighted by Gasteiger charge is 2.13. The molecule has 1 rings (SSSR count). The van der Waals surface area contributed by atoms with E-state index in [1.54, 1.807) is 0 Å². The lowest BCUT2D eigenvalue weighted by Crippen LogP contribution is -2.44. The number of nitroso groups, excluding NO2 is 1. The van der Waals surface area contributed by atoms with Crippen LogP contribution in [0.2, 0.25) is 0 Å². The topological polar surface area (TPSA) is 61.8 Å². The maximum atomic E-state index is 10.5. The summed E-state index contributed by atoms with van der Waals surface area (Å²) in [6.45, 7) is 1.14. The van der Waals surface area contributed by atoms with Crippen LogP contribution in [0.15, 0.2) is 5.29 Å². The molecule has 0 unspecified atom stereocenters. The van der Waals surface area contributed by atoms with E-state index < -0.39 is 0 Å². The van der Waals surface area contributed by atoms with Crippen LogP contribution in [0.1, 0.15) is 0 Å². The Hall–Kier alpha value is -1.13. The van der Waals surface area contributed by atoms with Gasteiger partial charge in [-0.3, -0.25) is 4.79 Å². The van der Waals surface area contributed by atoms with Crippen LogP contribution in [0.5, 0.6) is 0 Å². The Bertz CT molecular complexity index is 136. The molecule has 1 fully saturated rings. The molecule has 1 aliphatic rings. The van der Waals surface area contributed by atoms with E-state index >= 15 is 0 Å². The molecule has 0 aromatic heterocycles. The second-order valence-electron chi connectivity index (χ2n) is 1.82. The fourth-order valence-corrected chi connectivity index (χ4v) is 0.695. The highest BCUT2D eigenvalue weighted by Crippen LogP contribution is 1.91. The highest BCUT2D eigenvalue weighted by molar-refractivity contribution is 5.78. The highest BCUT2D eigenvalue weighted by atomic mass is 16.3. The third kappa shape index (κ3) is 1.38. The van der Waals surface area contributed by atoms with Gasteiger partial charge < -0.3 is 5.32 Å². The van der Waals surface area contributed by atoms with E-state index in [-0.39, 0.29) is 12.5 Å². The van der Waals surface area contributed by atoms with Crippen LogP contribution in [-0.4, -0.2) is 30.6 Å². The predicted octanol–water partition coefficient (Wildman–Crippen LogP) is -0.900. The van der Waals surface area contributed by atoms with Crippen molar-refractivity contribution in [2.75, 3.05) is 19.6 Å². The summed E-state index contributed by atoms with van der Waals surface area (Å²) in [5.41, 5.74) is 0. The summed E-state index contributed by atoms with van der Waals surface area (Å²) in [7, 11) is 0. The van der Waals surface area contributed by atoms with Crippen LogP contribution < -0.4 is 5.32 Å². The molecule has 0 radical (unpaired) electrons. The zero-order valence-corrected chi connectivity index (χ0v) is 4.83. The number of nitrogens with zero attached hydrogens (tertiary/aromatic N) is 2. The molecule has 9 heavy (non-hydrogen) atoms. The first-order valence-electron chi connectivity index (χ1n) is 2.68. The molecule has 1 N–H and O–H groups in total. The largest absolute Gasteiger partial charge is 0.353 e. The van der Waals surface area contributed by atoms with Crippen LogP contribution in [0.3, 0.4) is 0 Å². The van der Waals surface area contributed by atoms with Gasteiger partial charge in [0.2, 0.25) is 5.91 Å². The van der Waals surface area contributed by atoms with Gasteiger partial charge in [0.15, 0.2) is 0 Å². The number of carbonyl (C=O) groups is 1. The van der Waals surface area contributed by atoms with Gasteiger partial charge in [-0.1, -0.05) is 0 Å². The Labute approximate surface area is 52.0 Å². The summed E-state index contributed by atoms with van der Waals surface area (Å²) in [5, 5.41) is 6.38. The molecule has 0 saturated carbocycles. The summed E-state index contributed by atoms with van der Waals surface area (Å²) in [4.78, 5) is 20.3. The SMILES string of the molecule is O=NN1CCNC(=O)C1. The van der Waals surface area contributed by atoms with Crippen molar-refractivity contribution in [2.24, 2.45) is 5.29 Å². The first kappa shape index (κ1) is 6.00. The molecule has 5 nitrogen and oxygen atoms in total. The third-order valence-corrected chi connectivity index (χ3v) is 1.13. The Morgan fingerprint density at radius 2 is 2.44 bits per heavy atom. The van der Waals surface area contributed by atoms with Crippen molar-refractivity contribution in [3.8, 4) is 0 Å². The molecular weight excluding hydrogens is 122 g/mol. The van der Waals surface area contributed by atoms with Crippen molar-refractivity contribution >= 4 is 5.91 Å². The minimum absolute atomic E-state index is 0.101. The molecule has 1 heterocycles. The fourth-order valence-electron chi connectivity index (χ4n) is 0.695. The third-order valence-electron chi connectivity index (χ3n) is 1.13. The van der Waals surface area contributed by atoms with Crippen molar-refractivity contribution in [3.05, 3.63) is 4.91 Å². The lowest BCUT2D eigenvalue weighted by Gasteiger charge is -2.19. The smallest absolute Gasteiger partial charge is 0.241 e. The summed E-state index contributed by atoms with van der Waals surface area (Å²) < 4.78 is 0. The van der Waals surface area contributed by atoms with Gasteiger partial charge in [-0.05, 0) is 0 Å². The Morgan fingerprint density at radius 3 is 2.89 bits per heavy atom. The van der Waals surface area contributed by atoms with Crippen LogP contribution in [0.25, 0.3) is 0 Å². The molecule has 0 aromatic rings. The average molecular weight is 129 g/mol. The van der Waals surface area contributed by atoms with Crippen LogP contribution in [0, 0.1) is 4.91 Å². The van der Waals surface area contributed by atoms with Crippen molar-refractivity contribution in [2.45, 2.75) is 0 Å². The van der Waals surface area contributed by atoms with E-state index in [2.05, 4.69) is 10.6 Å². The van der Waals surface area contributed by atoms with E-state index in [0.717, 1.165) is 0 Å². The summed E-state index contributed by atoms with van der Waals surface area (Å²) >= 11 is 0. The lowest BCUT2D eigenvalue weighted by molar-refractivity contribution is -0.124. The van der Waals surface area contributed by atoms with E-state index in [0.29, 0.717) is 13.1 Å². The van der Waals surface area contributed by atoms with Gasteiger partial charge in [0.25, 0.3) is 0 Å². The van der Waals surface area contributed by atoms with E-state index in [1.165, 1.54) is 5.01 Å². The average Bonchev–Trinajstić information content (AvgIpc) is 1.88. The van der Waals surface area contributed by atoms with Crippen LogP contribution in [0.4, 0.5) is 0 Å². The fraction of sp³-hybridized carbons (Fsp3) is 0.750. The maximum absolute atomic E-state index is 10.5. The number of amides is 1. The van der Waals surface area contributed by atoms with Crippen molar-refractivity contribution in [1.82, 2.24) is 10.3 Å². The van der Waals surface area contributed by atoms with Gasteiger partial charge in [0, 0.05) is 6.54 Å². The molecule has 1 saturated heterocycles. The van der Waals surface area contributed by atoms with Gasteiger partial charge in [-0.2, -0.15) is 0 Å². The summed E-state index contributed by atoms with van der Waals surface area (Å²) in [6, 6.07) is 0. The normalized spacial score (nSPS) is 19.1. The molecule has 0 aromatic carbocycles. The second kappa shape index (κ2) is 2.43. The Kier molecular flexibility index (Phi) is 1.62. The van der Waals surface area contributed by atoms with E-state index in [1.807, 2.05) is 0 Å². The summed E-state index contributed by atoms with van der Waals surface area (Å²) in [5.74, 6) is -0.138. The number of piperazine rings is 1. The zero-order chi connectivity index (χ0) is 6.69. The number of hydrogen-bond donors (Lipinski definition) is 1. The number of nitrogens with one attached hydrogen (secondary N) is 1. The molecular formula is C4H7N3O2. The maximum Gasteiger partial charge on any atom is 0.241 e. The van der Waals surface area contributed by atoms with Crippen LogP contribution in [-0.2, 0) is 4.79 Å². The molecule has 1 amide bonds. The molecule has 5 heteroatoms. The van der Waals surface area contributed by atoms with Crippen molar-refractivity contribution < 1.29 is 4.79 Å². The molecule has 0 atom stereocenters. The number of rotatable bonds is 1. The van der Waals surface area contributed by atoms with Crippen molar-refractivity contribution in [1.29, 1.82) is 0 Å². The minimum Gasteiger partial charge on any atom is -0.353 e. The molecule has 50 valence electrons. The first-order chi connectivity index (χ1) is 4.33. The Balaban J connectivity index is 2.40. The van der Waals surface area contributed by atoms with Gasteiger partial charge in [0.05, 0.1) is 11.8 Å². The Morgan fingerprint density at radius 1 is 1.67 bits per heavy atom. The number of carbonyl (C=O) groups excluding carboxylic acids is 1. The zero-order valence-electron chi connectivity index (χ0n) is 4.83. The monoisotopic (exact) mass is 129 g/mol. The van der Waals surface area contributed by atoms with E-state index in [4.69, 9.17) is 0 Å². The number of hydrogen-bond acceptors (Lipinski definition) is 3.